The molecule has 121 heavy (non-hydrogen) atoms. The van der Waals surface area contributed by atoms with E-state index in [1.54, 1.807) is 0 Å². The molecule has 0 saturated carbocycles. The van der Waals surface area contributed by atoms with E-state index in [-0.39, 0.29) is 44.8 Å². The number of hydrogen-bond donors (Lipinski definition) is 1. The van der Waals surface area contributed by atoms with E-state index in [9.17, 15) is 9.59 Å². The van der Waals surface area contributed by atoms with Crippen molar-refractivity contribution in [2.24, 2.45) is 10.8 Å². The number of fused-ring (bicyclic) bond motifs is 4. The molecule has 22 heteroatoms. The molecule has 1 N–H and O–H groups in total. The van der Waals surface area contributed by atoms with E-state index in [0.717, 1.165) is 120 Å². The highest BCUT2D eigenvalue weighted by Crippen LogP contribution is 2.45. The van der Waals surface area contributed by atoms with Crippen molar-refractivity contribution < 1.29 is 37.4 Å². The Labute approximate surface area is 731 Å². The molecule has 2 atom stereocenters. The van der Waals surface area contributed by atoms with Gasteiger partial charge in [0.15, 0.2) is 0 Å². The van der Waals surface area contributed by atoms with Gasteiger partial charge >= 0.3 is 0 Å². The first-order valence-corrected chi connectivity index (χ1v) is 63.3. The molecule has 12 rings (SSSR count). The number of ether oxygens (including phenoxy) is 4. The summed E-state index contributed by atoms with van der Waals surface area (Å²) in [5, 5.41) is 20.7. The van der Waals surface area contributed by atoms with E-state index in [0.29, 0.717) is 64.5 Å². The molecule has 0 fully saturated rings. The van der Waals surface area contributed by atoms with Gasteiger partial charge in [0.25, 0.3) is 28.4 Å². The van der Waals surface area contributed by atoms with E-state index in [4.69, 9.17) is 38.0 Å². The van der Waals surface area contributed by atoms with Crippen LogP contribution >= 0.6 is 0 Å². The Morgan fingerprint density at radius 3 is 1.13 bits per heavy atom. The molecule has 2 unspecified atom stereocenters. The van der Waals surface area contributed by atoms with E-state index in [1.165, 1.54) is 43.3 Å². The summed E-state index contributed by atoms with van der Waals surface area (Å²) < 4.78 is 48.8. The van der Waals surface area contributed by atoms with Crippen LogP contribution in [0.1, 0.15) is 139 Å². The zero-order chi connectivity index (χ0) is 87.9. The monoisotopic (exact) mass is 1740 g/mol. The van der Waals surface area contributed by atoms with Gasteiger partial charge in [0.1, 0.15) is 38.3 Å². The van der Waals surface area contributed by atoms with Gasteiger partial charge in [-0.15, -0.1) is 0 Å². The summed E-state index contributed by atoms with van der Waals surface area (Å²) in [7, 11) is -8.67. The fraction of sp³-hybridized carbons (Fsp3) is 0.515. The predicted octanol–water partition coefficient (Wildman–Crippen LogP) is 21.0. The van der Waals surface area contributed by atoms with Crippen LogP contribution in [-0.4, -0.2) is 153 Å². The number of likely N-dealkylation sites (N-methyl/N-ethyl adjacent to an activating group) is 1. The van der Waals surface area contributed by atoms with Gasteiger partial charge in [-0.2, -0.15) is 10.2 Å². The maximum absolute atomic E-state index is 14.5. The summed E-state index contributed by atoms with van der Waals surface area (Å²) in [5.74, 6) is -0.155. The molecule has 0 aliphatic heterocycles. The zero-order valence-electron chi connectivity index (χ0n) is 78.4. The largest absolute Gasteiger partial charge is 0.405 e. The summed E-state index contributed by atoms with van der Waals surface area (Å²) in [6.45, 7) is 61.3. The lowest BCUT2D eigenvalue weighted by atomic mass is 9.76. The lowest BCUT2D eigenvalue weighted by Gasteiger charge is -2.44. The number of amides is 2. The SMILES string of the molecule is CC(CO[Si](c1ccccc1)(c1ccccc1)C(C)(C)C)N(C)C(=O)c1ccc2cc(-c3nn(COCC[Si](C)(C)C)c4c3CCC(C)(C)C4)n(COCC[Si](C)(C)C)c2c1.CC(CO[Si](c1ccccc1)(c1ccccc1)C(C)(C)C)NC(=O)c1ccc2cc(-c3nn(COCC[Si](C)(C)C)c4c3CCC(C)(C)C4)n(COCC[Si](C)(C)C)c2c1. The molecule has 0 bridgehead atoms. The minimum absolute atomic E-state index is 0.0336. The van der Waals surface area contributed by atoms with E-state index in [1.807, 2.05) is 37.1 Å². The number of hydrogen-bond acceptors (Lipinski definition) is 10. The normalized spacial score (nSPS) is 15.2. The van der Waals surface area contributed by atoms with Crippen LogP contribution in [-0.2, 0) is 80.4 Å². The quantitative estimate of drug-likeness (QED) is 0.0297. The molecule has 2 aliphatic carbocycles. The van der Waals surface area contributed by atoms with Crippen LogP contribution < -0.4 is 26.1 Å². The number of aromatic nitrogens is 6. The highest BCUT2D eigenvalue weighted by Gasteiger charge is 2.52. The third-order valence-electron chi connectivity index (χ3n) is 24.7. The number of nitrogens with zero attached hydrogens (tertiary/aromatic N) is 7. The molecule has 0 spiro atoms. The third kappa shape index (κ3) is 23.5. The van der Waals surface area contributed by atoms with Gasteiger partial charge in [-0.25, -0.2) is 9.36 Å². The van der Waals surface area contributed by atoms with E-state index in [2.05, 4.69) is 330 Å². The Balaban J connectivity index is 0.000000236. The van der Waals surface area contributed by atoms with Crippen molar-refractivity contribution in [3.8, 4) is 22.8 Å². The summed E-state index contributed by atoms with van der Waals surface area (Å²) in [6.07, 6.45) is 6.05. The topological polar surface area (TPSA) is 150 Å². The number of rotatable bonds is 36. The molecule has 2 aliphatic rings. The molecule has 6 aromatic carbocycles. The van der Waals surface area contributed by atoms with Gasteiger partial charge in [-0.1, -0.05) is 281 Å². The van der Waals surface area contributed by atoms with Crippen molar-refractivity contribution in [2.45, 2.75) is 273 Å². The van der Waals surface area contributed by atoms with Crippen molar-refractivity contribution >= 4 is 103 Å². The average molecular weight is 1740 g/mol. The van der Waals surface area contributed by atoms with Crippen molar-refractivity contribution in [2.75, 3.05) is 46.7 Å². The van der Waals surface area contributed by atoms with Gasteiger partial charge in [-0.3, -0.25) is 9.59 Å². The second kappa shape index (κ2) is 38.7. The van der Waals surface area contributed by atoms with Crippen LogP contribution in [0, 0.1) is 10.8 Å². The zero-order valence-corrected chi connectivity index (χ0v) is 84.4. The Hall–Kier alpha value is -7.18. The van der Waals surface area contributed by atoms with Crippen molar-refractivity contribution in [3.05, 3.63) is 203 Å². The summed E-state index contributed by atoms with van der Waals surface area (Å²) in [6, 6.07) is 63.3. The lowest BCUT2D eigenvalue weighted by Crippen LogP contribution is -2.67. The van der Waals surface area contributed by atoms with E-state index < -0.39 is 48.9 Å². The first kappa shape index (κ1) is 94.5. The smallest absolute Gasteiger partial charge is 0.261 e. The second-order valence-corrected chi connectivity index (χ2v) is 74.3. The maximum atomic E-state index is 14.5. The molecule has 2 amide bonds. The standard InChI is InChI=1S/C50H74N4O4Si3.C49H72N4O4Si3/c1-38(35-58-61(49(2,3)4,41-20-16-14-17-21-41)42-22-18-15-19-23-42)52(7)48(55)40-25-24-39-32-45(53(44(39)33-40)36-56-28-30-59(8,9)10)47-43-26-27-50(5,6)34-46(43)54(51-47)37-57-29-31-60(11,12)13;1-37(34-57-60(48(2,3)4,40-19-15-13-16-20-40)41-21-17-14-18-22-41)50-47(54)39-24-23-38-31-44(52(43(38)32-39)35-55-27-29-58(7,8)9)46-42-25-26-49(5,6)33-45(42)53(51-46)36-56-28-30-59(10,11)12/h14-25,32-33,38H,26-31,34-37H2,1-13H3;13-24,31-32,37H,25-30,33-36H2,1-12H3,(H,50,54). The minimum Gasteiger partial charge on any atom is -0.405 e. The molecule has 4 aromatic heterocycles. The van der Waals surface area contributed by atoms with Crippen molar-refractivity contribution in [1.29, 1.82) is 0 Å². The summed E-state index contributed by atoms with van der Waals surface area (Å²) >= 11 is 0. The van der Waals surface area contributed by atoms with Crippen molar-refractivity contribution in [3.63, 3.8) is 0 Å². The van der Waals surface area contributed by atoms with Crippen LogP contribution in [0.25, 0.3) is 44.6 Å². The predicted molar refractivity (Wildman–Crippen MR) is 520 cm³/mol. The Kier molecular flexibility index (Phi) is 30.3. The molecular formula is C99H146N8O8Si6. The number of carbonyl (C=O) groups is 2. The molecule has 10 aromatic rings. The number of nitrogens with one attached hydrogen (secondary N) is 1. The Morgan fingerprint density at radius 2 is 0.785 bits per heavy atom. The molecule has 4 heterocycles. The molecule has 0 saturated heterocycles. The van der Waals surface area contributed by atoms with Crippen LogP contribution in [0.2, 0.25) is 113 Å². The lowest BCUT2D eigenvalue weighted by molar-refractivity contribution is 0.0690. The van der Waals surface area contributed by atoms with Crippen LogP contribution in [0.15, 0.2) is 170 Å². The molecule has 16 nitrogen and oxygen atoms in total. The first-order chi connectivity index (χ1) is 56.8. The summed E-state index contributed by atoms with van der Waals surface area (Å²) in [4.78, 5) is 30.5. The molecule has 654 valence electrons. The molecular weight excluding hydrogens is 1600 g/mol. The number of carbonyl (C=O) groups excluding carboxylic acids is 2. The minimum atomic E-state index is -2.77. The highest BCUT2D eigenvalue weighted by atomic mass is 28.4. The first-order valence-electron chi connectivity index (χ1n) is 44.6. The van der Waals surface area contributed by atoms with E-state index >= 15 is 0 Å². The fourth-order valence-electron chi connectivity index (χ4n) is 17.1. The fourth-order valence-corrected chi connectivity index (χ4v) is 29.4. The average Bonchev–Trinajstić information content (AvgIpc) is 1.37. The summed E-state index contributed by atoms with van der Waals surface area (Å²) in [5.41, 5.74) is 12.8. The Bertz CT molecular complexity index is 5020. The second-order valence-electron chi connectivity index (χ2n) is 43.2. The number of benzene rings is 6. The Morgan fingerprint density at radius 1 is 0.455 bits per heavy atom. The highest BCUT2D eigenvalue weighted by molar-refractivity contribution is 7.00. The van der Waals surface area contributed by atoms with Gasteiger partial charge in [0.05, 0.1) is 41.7 Å². The van der Waals surface area contributed by atoms with Gasteiger partial charge in [0.2, 0.25) is 0 Å². The van der Waals surface area contributed by atoms with Gasteiger partial charge in [-0.05, 0) is 155 Å². The van der Waals surface area contributed by atoms with Crippen LogP contribution in [0.5, 0.6) is 0 Å². The third-order valence-corrected chi connectivity index (χ3v) is 41.5. The van der Waals surface area contributed by atoms with Crippen LogP contribution in [0.4, 0.5) is 0 Å². The molecule has 0 radical (unpaired) electrons. The van der Waals surface area contributed by atoms with Crippen molar-refractivity contribution in [1.82, 2.24) is 38.9 Å². The maximum Gasteiger partial charge on any atom is 0.261 e. The van der Waals surface area contributed by atoms with Gasteiger partial charge in [0, 0.05) is 116 Å². The van der Waals surface area contributed by atoms with Crippen LogP contribution in [0.3, 0.4) is 0 Å². The van der Waals surface area contributed by atoms with Gasteiger partial charge < -0.3 is 47.2 Å².